The van der Waals surface area contributed by atoms with Crippen LogP contribution in [0.3, 0.4) is 0 Å². The van der Waals surface area contributed by atoms with Gasteiger partial charge in [-0.15, -0.1) is 0 Å². The van der Waals surface area contributed by atoms with Crippen LogP contribution in [0.2, 0.25) is 0 Å². The van der Waals surface area contributed by atoms with E-state index in [0.29, 0.717) is 6.04 Å². The van der Waals surface area contributed by atoms with Crippen molar-refractivity contribution in [1.82, 2.24) is 5.32 Å². The molecule has 0 aliphatic rings. The Labute approximate surface area is 114 Å². The summed E-state index contributed by atoms with van der Waals surface area (Å²) >= 11 is 5.24. The van der Waals surface area contributed by atoms with Crippen LogP contribution < -0.4 is 5.32 Å². The number of thiocarbonyl (C=S) groups is 1. The van der Waals surface area contributed by atoms with Crippen LogP contribution in [0.5, 0.6) is 0 Å². The molecule has 17 heavy (non-hydrogen) atoms. The lowest BCUT2D eigenvalue weighted by atomic mass is 10.0. The molecule has 0 rings (SSSR count). The molecule has 0 saturated heterocycles. The van der Waals surface area contributed by atoms with Gasteiger partial charge in [-0.3, -0.25) is 0 Å². The molecule has 1 unspecified atom stereocenters. The van der Waals surface area contributed by atoms with Gasteiger partial charge in [-0.2, -0.15) is 0 Å². The molecule has 0 aromatic carbocycles. The van der Waals surface area contributed by atoms with Gasteiger partial charge in [0, 0.05) is 6.04 Å². The molecule has 0 amide bonds. The maximum absolute atomic E-state index is 5.24. The molecule has 1 nitrogen and oxygen atoms in total. The van der Waals surface area contributed by atoms with E-state index in [1.807, 2.05) is 0 Å². The van der Waals surface area contributed by atoms with Gasteiger partial charge < -0.3 is 5.32 Å². The summed E-state index contributed by atoms with van der Waals surface area (Å²) < 4.78 is 0. The Bertz CT molecular complexity index is 180. The average Bonchev–Trinajstić information content (AvgIpc) is 2.35. The molecular formula is C15H31NS. The third-order valence-corrected chi connectivity index (χ3v) is 3.74. The molecule has 0 aliphatic heterocycles. The lowest BCUT2D eigenvalue weighted by Crippen LogP contribution is -2.32. The van der Waals surface area contributed by atoms with Crippen molar-refractivity contribution < 1.29 is 0 Å². The van der Waals surface area contributed by atoms with Gasteiger partial charge in [0.2, 0.25) is 0 Å². The quantitative estimate of drug-likeness (QED) is 0.401. The summed E-state index contributed by atoms with van der Waals surface area (Å²) in [6.45, 7) is 6.64. The monoisotopic (exact) mass is 257 g/mol. The van der Waals surface area contributed by atoms with Crippen LogP contribution >= 0.6 is 12.2 Å². The predicted molar refractivity (Wildman–Crippen MR) is 82.7 cm³/mol. The van der Waals surface area contributed by atoms with Crippen molar-refractivity contribution in [3.8, 4) is 0 Å². The fourth-order valence-corrected chi connectivity index (χ4v) is 2.22. The molecule has 0 saturated carbocycles. The van der Waals surface area contributed by atoms with Crippen molar-refractivity contribution in [3.05, 3.63) is 0 Å². The van der Waals surface area contributed by atoms with Crippen LogP contribution in [0.4, 0.5) is 0 Å². The summed E-state index contributed by atoms with van der Waals surface area (Å²) in [5.41, 5.74) is 0. The van der Waals surface area contributed by atoms with Gasteiger partial charge in [0.05, 0.1) is 4.99 Å². The highest BCUT2D eigenvalue weighted by molar-refractivity contribution is 7.80. The minimum Gasteiger partial charge on any atom is -0.377 e. The highest BCUT2D eigenvalue weighted by Crippen LogP contribution is 2.11. The van der Waals surface area contributed by atoms with Crippen LogP contribution in [-0.2, 0) is 0 Å². The van der Waals surface area contributed by atoms with Gasteiger partial charge in [-0.05, 0) is 19.3 Å². The van der Waals surface area contributed by atoms with Gasteiger partial charge in [0.25, 0.3) is 0 Å². The summed E-state index contributed by atoms with van der Waals surface area (Å²) in [6, 6.07) is 0.609. The molecule has 1 N–H and O–H groups in total. The van der Waals surface area contributed by atoms with Crippen LogP contribution in [-0.4, -0.2) is 11.0 Å². The zero-order chi connectivity index (χ0) is 12.9. The van der Waals surface area contributed by atoms with E-state index in [0.717, 1.165) is 11.4 Å². The third-order valence-electron chi connectivity index (χ3n) is 3.34. The molecule has 0 aliphatic carbocycles. The fraction of sp³-hybridized carbons (Fsp3) is 0.933. The average molecular weight is 257 g/mol. The van der Waals surface area contributed by atoms with Gasteiger partial charge >= 0.3 is 0 Å². The lowest BCUT2D eigenvalue weighted by Gasteiger charge is -2.18. The van der Waals surface area contributed by atoms with E-state index in [9.17, 15) is 0 Å². The molecule has 0 aromatic heterocycles. The first kappa shape index (κ1) is 16.9. The first-order valence-electron chi connectivity index (χ1n) is 7.53. The van der Waals surface area contributed by atoms with Gasteiger partial charge in [-0.1, -0.05) is 77.9 Å². The minimum atomic E-state index is 0.609. The van der Waals surface area contributed by atoms with Crippen LogP contribution in [0.1, 0.15) is 85.0 Å². The van der Waals surface area contributed by atoms with Gasteiger partial charge in [0.15, 0.2) is 0 Å². The first-order valence-corrected chi connectivity index (χ1v) is 7.94. The highest BCUT2D eigenvalue weighted by atomic mass is 32.1. The van der Waals surface area contributed by atoms with Gasteiger partial charge in [0.1, 0.15) is 0 Å². The number of nitrogens with one attached hydrogen (secondary N) is 1. The molecule has 0 fully saturated rings. The molecule has 0 aromatic rings. The van der Waals surface area contributed by atoms with E-state index in [2.05, 4.69) is 26.1 Å². The Kier molecular flexibility index (Phi) is 12.3. The molecule has 1 atom stereocenters. The van der Waals surface area contributed by atoms with Crippen molar-refractivity contribution in [2.45, 2.75) is 91.0 Å². The molecule has 0 heterocycles. The second-order valence-corrected chi connectivity index (χ2v) is 5.43. The summed E-state index contributed by atoms with van der Waals surface area (Å²) in [4.78, 5) is 1.03. The lowest BCUT2D eigenvalue weighted by molar-refractivity contribution is 0.493. The van der Waals surface area contributed by atoms with Crippen molar-refractivity contribution in [2.24, 2.45) is 0 Å². The zero-order valence-corrected chi connectivity index (χ0v) is 12.9. The Hall–Kier alpha value is -0.110. The summed E-state index contributed by atoms with van der Waals surface area (Å²) in [5, 5.41) is 3.46. The van der Waals surface area contributed by atoms with Crippen LogP contribution in [0.15, 0.2) is 0 Å². The third kappa shape index (κ3) is 10.7. The van der Waals surface area contributed by atoms with Crippen LogP contribution in [0, 0.1) is 0 Å². The SMILES string of the molecule is CCCCCCCCCC(CC)NC(=S)CC. The molecule has 2 heteroatoms. The zero-order valence-electron chi connectivity index (χ0n) is 12.1. The Morgan fingerprint density at radius 1 is 0.941 bits per heavy atom. The Morgan fingerprint density at radius 2 is 1.53 bits per heavy atom. The first-order chi connectivity index (χ1) is 8.24. The van der Waals surface area contributed by atoms with E-state index in [1.54, 1.807) is 0 Å². The second kappa shape index (κ2) is 12.3. The molecular weight excluding hydrogens is 226 g/mol. The highest BCUT2D eigenvalue weighted by Gasteiger charge is 2.06. The Balaban J connectivity index is 3.40. The summed E-state index contributed by atoms with van der Waals surface area (Å²) in [5.74, 6) is 0. The van der Waals surface area contributed by atoms with Crippen molar-refractivity contribution in [2.75, 3.05) is 0 Å². The largest absolute Gasteiger partial charge is 0.377 e. The number of unbranched alkanes of at least 4 members (excludes halogenated alkanes) is 6. The Morgan fingerprint density at radius 3 is 2.06 bits per heavy atom. The minimum absolute atomic E-state index is 0.609. The molecule has 0 spiro atoms. The number of hydrogen-bond acceptors (Lipinski definition) is 1. The topological polar surface area (TPSA) is 12.0 Å². The van der Waals surface area contributed by atoms with E-state index >= 15 is 0 Å². The molecule has 102 valence electrons. The predicted octanol–water partition coefficient (Wildman–Crippen LogP) is 5.23. The smallest absolute Gasteiger partial charge is 0.0752 e. The van der Waals surface area contributed by atoms with E-state index in [1.165, 1.54) is 57.8 Å². The maximum atomic E-state index is 5.24. The standard InChI is InChI=1S/C15H31NS/c1-4-7-8-9-10-11-12-13-14(5-2)16-15(17)6-3/h14H,4-13H2,1-3H3,(H,16,17). The number of hydrogen-bond donors (Lipinski definition) is 1. The summed E-state index contributed by atoms with van der Waals surface area (Å²) in [6.07, 6.45) is 13.2. The van der Waals surface area contributed by atoms with Crippen molar-refractivity contribution in [1.29, 1.82) is 0 Å². The van der Waals surface area contributed by atoms with E-state index in [4.69, 9.17) is 12.2 Å². The fourth-order valence-electron chi connectivity index (χ4n) is 2.06. The van der Waals surface area contributed by atoms with E-state index in [-0.39, 0.29) is 0 Å². The van der Waals surface area contributed by atoms with Crippen molar-refractivity contribution >= 4 is 17.2 Å². The van der Waals surface area contributed by atoms with Crippen molar-refractivity contribution in [3.63, 3.8) is 0 Å². The second-order valence-electron chi connectivity index (χ2n) is 4.94. The molecule has 0 radical (unpaired) electrons. The summed E-state index contributed by atoms with van der Waals surface area (Å²) in [7, 11) is 0. The molecule has 0 bridgehead atoms. The van der Waals surface area contributed by atoms with Crippen LogP contribution in [0.25, 0.3) is 0 Å². The van der Waals surface area contributed by atoms with E-state index < -0.39 is 0 Å². The maximum Gasteiger partial charge on any atom is 0.0752 e. The van der Waals surface area contributed by atoms with Gasteiger partial charge in [-0.25, -0.2) is 0 Å². The normalized spacial score (nSPS) is 12.4. The number of rotatable bonds is 11.